The predicted octanol–water partition coefficient (Wildman–Crippen LogP) is 3.25. The maximum atomic E-state index is 9.78. The summed E-state index contributed by atoms with van der Waals surface area (Å²) in [6, 6.07) is 18.3. The third kappa shape index (κ3) is 8.12. The SMILES string of the molecule is CCNC(=NCC(CO)c1ccccc1)NCC(c1cccc(OC)c1)N(C)C.I. The average molecular weight is 526 g/mol. The molecule has 0 spiro atoms. The van der Waals surface area contributed by atoms with Crippen molar-refractivity contribution >= 4 is 29.9 Å². The van der Waals surface area contributed by atoms with Gasteiger partial charge in [0.05, 0.1) is 26.3 Å². The van der Waals surface area contributed by atoms with E-state index in [0.29, 0.717) is 13.1 Å². The van der Waals surface area contributed by atoms with Crippen molar-refractivity contribution in [2.75, 3.05) is 47.4 Å². The smallest absolute Gasteiger partial charge is 0.191 e. The molecule has 3 N–H and O–H groups in total. The van der Waals surface area contributed by atoms with Gasteiger partial charge >= 0.3 is 0 Å². The standard InChI is InChI=1S/C23H34N4O2.HI/c1-5-24-23(25-15-20(17-28)18-10-7-6-8-11-18)26-16-22(27(2)3)19-12-9-13-21(14-19)29-4;/h6-14,20,22,28H,5,15-17H2,1-4H3,(H2,24,25,26);1H. The van der Waals surface area contributed by atoms with Crippen molar-refractivity contribution in [1.29, 1.82) is 0 Å². The molecule has 0 aromatic heterocycles. The van der Waals surface area contributed by atoms with E-state index in [2.05, 4.69) is 41.8 Å². The van der Waals surface area contributed by atoms with Crippen molar-refractivity contribution in [3.8, 4) is 5.75 Å². The first-order valence-electron chi connectivity index (χ1n) is 10.1. The quantitative estimate of drug-likeness (QED) is 0.252. The molecule has 0 amide bonds. The van der Waals surface area contributed by atoms with E-state index in [1.54, 1.807) is 7.11 Å². The highest BCUT2D eigenvalue weighted by Crippen LogP contribution is 2.22. The van der Waals surface area contributed by atoms with Crippen LogP contribution in [0.4, 0.5) is 0 Å². The monoisotopic (exact) mass is 526 g/mol. The van der Waals surface area contributed by atoms with Crippen LogP contribution in [0.15, 0.2) is 59.6 Å². The van der Waals surface area contributed by atoms with Gasteiger partial charge in [0.2, 0.25) is 0 Å². The van der Waals surface area contributed by atoms with Crippen molar-refractivity contribution in [2.45, 2.75) is 18.9 Å². The predicted molar refractivity (Wildman–Crippen MR) is 135 cm³/mol. The molecule has 6 nitrogen and oxygen atoms in total. The van der Waals surface area contributed by atoms with E-state index in [9.17, 15) is 5.11 Å². The van der Waals surface area contributed by atoms with Gasteiger partial charge in [-0.05, 0) is 44.3 Å². The van der Waals surface area contributed by atoms with E-state index in [-0.39, 0.29) is 42.5 Å². The Morgan fingerprint density at radius 3 is 2.37 bits per heavy atom. The summed E-state index contributed by atoms with van der Waals surface area (Å²) in [5.41, 5.74) is 2.27. The first-order chi connectivity index (χ1) is 14.1. The van der Waals surface area contributed by atoms with Gasteiger partial charge < -0.3 is 25.4 Å². The van der Waals surface area contributed by atoms with Gasteiger partial charge in [0.25, 0.3) is 0 Å². The number of aliphatic hydroxyl groups is 1. The average Bonchev–Trinajstić information content (AvgIpc) is 2.75. The van der Waals surface area contributed by atoms with E-state index in [0.717, 1.165) is 23.8 Å². The molecule has 2 aromatic carbocycles. The third-order valence-corrected chi connectivity index (χ3v) is 4.87. The molecular formula is C23H35IN4O2. The Bertz CT molecular complexity index is 756. The molecule has 0 bridgehead atoms. The minimum absolute atomic E-state index is 0. The zero-order valence-corrected chi connectivity index (χ0v) is 20.7. The molecule has 2 aromatic rings. The van der Waals surface area contributed by atoms with Gasteiger partial charge in [-0.2, -0.15) is 0 Å². The van der Waals surface area contributed by atoms with Crippen molar-refractivity contribution < 1.29 is 9.84 Å². The van der Waals surface area contributed by atoms with Crippen molar-refractivity contribution in [1.82, 2.24) is 15.5 Å². The minimum Gasteiger partial charge on any atom is -0.497 e. The minimum atomic E-state index is -0.0188. The van der Waals surface area contributed by atoms with E-state index >= 15 is 0 Å². The van der Waals surface area contributed by atoms with Crippen molar-refractivity contribution in [3.63, 3.8) is 0 Å². The first kappa shape index (κ1) is 26.2. The molecule has 2 rings (SSSR count). The number of halogens is 1. The van der Waals surface area contributed by atoms with Gasteiger partial charge in [-0.15, -0.1) is 24.0 Å². The molecule has 7 heteroatoms. The molecule has 2 unspecified atom stereocenters. The van der Waals surface area contributed by atoms with Crippen LogP contribution in [0.2, 0.25) is 0 Å². The Balaban J connectivity index is 0.00000450. The summed E-state index contributed by atoms with van der Waals surface area (Å²) >= 11 is 0. The highest BCUT2D eigenvalue weighted by atomic mass is 127. The van der Waals surface area contributed by atoms with Crippen LogP contribution >= 0.6 is 24.0 Å². The lowest BCUT2D eigenvalue weighted by Gasteiger charge is -2.26. The lowest BCUT2D eigenvalue weighted by atomic mass is 10.0. The van der Waals surface area contributed by atoms with Gasteiger partial charge in [0.15, 0.2) is 5.96 Å². The van der Waals surface area contributed by atoms with Crippen molar-refractivity contribution in [2.24, 2.45) is 4.99 Å². The maximum absolute atomic E-state index is 9.78. The van der Waals surface area contributed by atoms with E-state index in [1.165, 1.54) is 5.56 Å². The molecule has 0 saturated carbocycles. The Morgan fingerprint density at radius 2 is 1.77 bits per heavy atom. The molecule has 0 aliphatic rings. The summed E-state index contributed by atoms with van der Waals surface area (Å²) < 4.78 is 5.37. The summed E-state index contributed by atoms with van der Waals surface area (Å²) in [6.45, 7) is 4.09. The topological polar surface area (TPSA) is 69.1 Å². The number of benzene rings is 2. The highest BCUT2D eigenvalue weighted by molar-refractivity contribution is 14.0. The van der Waals surface area contributed by atoms with Gasteiger partial charge in [-0.3, -0.25) is 4.99 Å². The second kappa shape index (κ2) is 14.2. The Hall–Kier alpha value is -1.84. The molecule has 0 radical (unpaired) electrons. The fraction of sp³-hybridized carbons (Fsp3) is 0.435. The molecule has 0 saturated heterocycles. The maximum Gasteiger partial charge on any atom is 0.191 e. The molecule has 2 atom stereocenters. The van der Waals surface area contributed by atoms with E-state index in [1.807, 2.05) is 49.4 Å². The molecule has 166 valence electrons. The zero-order chi connectivity index (χ0) is 21.1. The van der Waals surface area contributed by atoms with Crippen molar-refractivity contribution in [3.05, 3.63) is 65.7 Å². The number of likely N-dealkylation sites (N-methyl/N-ethyl adjacent to an activating group) is 1. The number of methoxy groups -OCH3 is 1. The number of nitrogens with one attached hydrogen (secondary N) is 2. The molecule has 30 heavy (non-hydrogen) atoms. The third-order valence-electron chi connectivity index (χ3n) is 4.87. The summed E-state index contributed by atoms with van der Waals surface area (Å²) in [7, 11) is 5.81. The number of hydrogen-bond donors (Lipinski definition) is 3. The fourth-order valence-corrected chi connectivity index (χ4v) is 3.18. The van der Waals surface area contributed by atoms with Crippen LogP contribution in [0.25, 0.3) is 0 Å². The number of nitrogens with zero attached hydrogens (tertiary/aromatic N) is 2. The number of rotatable bonds is 10. The van der Waals surface area contributed by atoms with Gasteiger partial charge in [-0.25, -0.2) is 0 Å². The lowest BCUT2D eigenvalue weighted by molar-refractivity contribution is 0.268. The number of aliphatic hydroxyl groups excluding tert-OH is 1. The van der Waals surface area contributed by atoms with Crippen LogP contribution in [0.1, 0.15) is 30.0 Å². The zero-order valence-electron chi connectivity index (χ0n) is 18.3. The van der Waals surface area contributed by atoms with Crippen LogP contribution in [-0.4, -0.2) is 63.4 Å². The second-order valence-electron chi connectivity index (χ2n) is 7.15. The lowest BCUT2D eigenvalue weighted by Crippen LogP contribution is -2.42. The second-order valence-corrected chi connectivity index (χ2v) is 7.15. The normalized spacial score (nSPS) is 13.3. The Labute approximate surface area is 197 Å². The number of guanidine groups is 1. The van der Waals surface area contributed by atoms with Gasteiger partial charge in [0, 0.05) is 19.0 Å². The summed E-state index contributed by atoms with van der Waals surface area (Å²) in [5, 5.41) is 16.5. The van der Waals surface area contributed by atoms with Gasteiger partial charge in [-0.1, -0.05) is 42.5 Å². The highest BCUT2D eigenvalue weighted by Gasteiger charge is 2.16. The molecule has 0 aliphatic carbocycles. The molecule has 0 aliphatic heterocycles. The van der Waals surface area contributed by atoms with Crippen LogP contribution in [0, 0.1) is 0 Å². The van der Waals surface area contributed by atoms with Crippen LogP contribution in [0.3, 0.4) is 0 Å². The first-order valence-corrected chi connectivity index (χ1v) is 10.1. The Morgan fingerprint density at radius 1 is 1.07 bits per heavy atom. The van der Waals surface area contributed by atoms with E-state index < -0.39 is 0 Å². The van der Waals surface area contributed by atoms with Gasteiger partial charge in [0.1, 0.15) is 5.75 Å². The molecule has 0 heterocycles. The van der Waals surface area contributed by atoms with E-state index in [4.69, 9.17) is 9.73 Å². The number of hydrogen-bond acceptors (Lipinski definition) is 4. The molecule has 0 fully saturated rings. The molecular weight excluding hydrogens is 491 g/mol. The van der Waals surface area contributed by atoms with Crippen LogP contribution in [0.5, 0.6) is 5.75 Å². The summed E-state index contributed by atoms with van der Waals surface area (Å²) in [6.07, 6.45) is 0. The fourth-order valence-electron chi connectivity index (χ4n) is 3.18. The Kier molecular flexibility index (Phi) is 12.4. The largest absolute Gasteiger partial charge is 0.497 e. The number of ether oxygens (including phenoxy) is 1. The van der Waals surface area contributed by atoms with Crippen LogP contribution in [-0.2, 0) is 0 Å². The summed E-state index contributed by atoms with van der Waals surface area (Å²) in [4.78, 5) is 6.88. The summed E-state index contributed by atoms with van der Waals surface area (Å²) in [5.74, 6) is 1.58. The van der Waals surface area contributed by atoms with Crippen LogP contribution < -0.4 is 15.4 Å². The number of aliphatic imine (C=N–C) groups is 1.